The fourth-order valence-electron chi connectivity index (χ4n) is 1.99. The largest absolute Gasteiger partial charge is 0.425 e. The van der Waals surface area contributed by atoms with Gasteiger partial charge < -0.3 is 9.47 Å². The van der Waals surface area contributed by atoms with Gasteiger partial charge in [-0.25, -0.2) is 4.79 Å². The maximum atomic E-state index is 11.9. The molecule has 6 heteroatoms. The smallest absolute Gasteiger partial charge is 0.343 e. The van der Waals surface area contributed by atoms with Gasteiger partial charge in [-0.2, -0.15) is 0 Å². The second kappa shape index (κ2) is 5.34. The van der Waals surface area contributed by atoms with Crippen molar-refractivity contribution in [1.82, 2.24) is 0 Å². The molecule has 0 amide bonds. The van der Waals surface area contributed by atoms with E-state index in [2.05, 4.69) is 0 Å². The van der Waals surface area contributed by atoms with Gasteiger partial charge in [0, 0.05) is 12.1 Å². The van der Waals surface area contributed by atoms with Crippen molar-refractivity contribution in [2.45, 2.75) is 12.2 Å². The van der Waals surface area contributed by atoms with Crippen molar-refractivity contribution >= 4 is 11.7 Å². The van der Waals surface area contributed by atoms with Crippen LogP contribution in [0.3, 0.4) is 0 Å². The quantitative estimate of drug-likeness (QED) is 0.283. The lowest BCUT2D eigenvalue weighted by Crippen LogP contribution is -2.15. The van der Waals surface area contributed by atoms with E-state index in [1.54, 1.807) is 36.4 Å². The Labute approximate surface area is 120 Å². The second-order valence-electron chi connectivity index (χ2n) is 4.56. The van der Waals surface area contributed by atoms with Crippen molar-refractivity contribution in [2.24, 2.45) is 0 Å². The van der Waals surface area contributed by atoms with Crippen LogP contribution in [0.5, 0.6) is 5.75 Å². The molecule has 1 aliphatic rings. The van der Waals surface area contributed by atoms with Crippen LogP contribution in [0.15, 0.2) is 54.6 Å². The molecule has 106 valence electrons. The molecule has 2 aromatic rings. The molecule has 0 bridgehead atoms. The molecular weight excluding hydrogens is 274 g/mol. The Hall–Kier alpha value is -2.73. The summed E-state index contributed by atoms with van der Waals surface area (Å²) in [5, 5.41) is 10.6. The van der Waals surface area contributed by atoms with E-state index in [4.69, 9.17) is 9.47 Å². The zero-order valence-corrected chi connectivity index (χ0v) is 10.8. The number of nitro benzene ring substituents is 1. The molecule has 6 nitrogen and oxygen atoms in total. The fourth-order valence-corrected chi connectivity index (χ4v) is 1.99. The number of carbonyl (C=O) groups excluding carboxylic acids is 1. The van der Waals surface area contributed by atoms with Gasteiger partial charge in [-0.3, -0.25) is 10.1 Å². The number of para-hydroxylation sites is 1. The Morgan fingerprint density at radius 2 is 1.76 bits per heavy atom. The fraction of sp³-hybridized carbons (Fsp3) is 0.133. The zero-order chi connectivity index (χ0) is 14.8. The molecule has 0 saturated carbocycles. The number of benzene rings is 2. The highest BCUT2D eigenvalue weighted by Gasteiger charge is 2.47. The number of non-ortho nitro benzene ring substituents is 1. The van der Waals surface area contributed by atoms with Crippen LogP contribution >= 0.6 is 0 Å². The molecule has 0 aromatic heterocycles. The van der Waals surface area contributed by atoms with E-state index >= 15 is 0 Å². The highest BCUT2D eigenvalue weighted by molar-refractivity contribution is 5.80. The Morgan fingerprint density at radius 1 is 1.10 bits per heavy atom. The van der Waals surface area contributed by atoms with Gasteiger partial charge in [0.05, 0.1) is 4.92 Å². The lowest BCUT2D eigenvalue weighted by molar-refractivity contribution is -0.384. The number of ether oxygens (including phenoxy) is 2. The standard InChI is InChI=1S/C15H11NO5/c17-15(20-12-4-2-1-3-5-12)14-13(21-14)10-6-8-11(9-7-10)16(18)19/h1-9,13-14H/t13-,14-/m0/s1. The molecule has 1 aliphatic heterocycles. The van der Waals surface area contributed by atoms with E-state index < -0.39 is 23.1 Å². The average Bonchev–Trinajstić information content (AvgIpc) is 3.29. The van der Waals surface area contributed by atoms with Crippen LogP contribution in [0.2, 0.25) is 0 Å². The van der Waals surface area contributed by atoms with Gasteiger partial charge in [-0.05, 0) is 29.8 Å². The highest BCUT2D eigenvalue weighted by atomic mass is 16.6. The summed E-state index contributed by atoms with van der Waals surface area (Å²) in [4.78, 5) is 22.0. The first kappa shape index (κ1) is 13.3. The molecule has 0 spiro atoms. The number of nitro groups is 1. The maximum Gasteiger partial charge on any atom is 0.343 e. The summed E-state index contributed by atoms with van der Waals surface area (Å²) >= 11 is 0. The number of esters is 1. The summed E-state index contributed by atoms with van der Waals surface area (Å²) in [7, 11) is 0. The number of hydrogen-bond acceptors (Lipinski definition) is 5. The summed E-state index contributed by atoms with van der Waals surface area (Å²) in [5.74, 6) is -0.00926. The first-order valence-electron chi connectivity index (χ1n) is 6.32. The Kier molecular flexibility index (Phi) is 3.37. The van der Waals surface area contributed by atoms with Gasteiger partial charge in [0.25, 0.3) is 5.69 Å². The van der Waals surface area contributed by atoms with Crippen molar-refractivity contribution in [3.8, 4) is 5.75 Å². The van der Waals surface area contributed by atoms with Crippen LogP contribution in [0.25, 0.3) is 0 Å². The molecule has 0 aliphatic carbocycles. The molecule has 2 aromatic carbocycles. The van der Waals surface area contributed by atoms with Crippen molar-refractivity contribution in [3.63, 3.8) is 0 Å². The van der Waals surface area contributed by atoms with E-state index in [1.165, 1.54) is 12.1 Å². The second-order valence-corrected chi connectivity index (χ2v) is 4.56. The minimum atomic E-state index is -0.660. The molecule has 21 heavy (non-hydrogen) atoms. The van der Waals surface area contributed by atoms with E-state index in [9.17, 15) is 14.9 Å². The molecule has 0 radical (unpaired) electrons. The van der Waals surface area contributed by atoms with Gasteiger partial charge >= 0.3 is 5.97 Å². The SMILES string of the molecule is O=C(Oc1ccccc1)[C@H]1O[C@H]1c1ccc([N+](=O)[O-])cc1. The van der Waals surface area contributed by atoms with Crippen LogP contribution in [0, 0.1) is 10.1 Å². The minimum absolute atomic E-state index is 0.00260. The third-order valence-corrected chi connectivity index (χ3v) is 3.12. The summed E-state index contributed by atoms with van der Waals surface area (Å²) in [5.41, 5.74) is 0.721. The van der Waals surface area contributed by atoms with Crippen molar-refractivity contribution in [1.29, 1.82) is 0 Å². The first-order valence-corrected chi connectivity index (χ1v) is 6.32. The normalized spacial score (nSPS) is 19.8. The number of nitrogens with zero attached hydrogens (tertiary/aromatic N) is 1. The molecule has 0 N–H and O–H groups in total. The topological polar surface area (TPSA) is 82.0 Å². The van der Waals surface area contributed by atoms with Crippen LogP contribution in [-0.2, 0) is 9.53 Å². The van der Waals surface area contributed by atoms with Gasteiger partial charge in [0.2, 0.25) is 0 Å². The third kappa shape index (κ3) is 2.90. The zero-order valence-electron chi connectivity index (χ0n) is 10.8. The van der Waals surface area contributed by atoms with E-state index in [0.717, 1.165) is 5.56 Å². The Morgan fingerprint density at radius 3 is 2.38 bits per heavy atom. The number of epoxide rings is 1. The molecule has 1 fully saturated rings. The highest BCUT2D eigenvalue weighted by Crippen LogP contribution is 2.40. The van der Waals surface area contributed by atoms with Gasteiger partial charge in [0.1, 0.15) is 11.9 Å². The Balaban J connectivity index is 1.63. The monoisotopic (exact) mass is 285 g/mol. The van der Waals surface area contributed by atoms with E-state index in [-0.39, 0.29) is 5.69 Å². The summed E-state index contributed by atoms with van der Waals surface area (Å²) in [6.45, 7) is 0. The van der Waals surface area contributed by atoms with E-state index in [1.807, 2.05) is 6.07 Å². The summed E-state index contributed by atoms with van der Waals surface area (Å²) in [6.07, 6.45) is -1.06. The minimum Gasteiger partial charge on any atom is -0.425 e. The van der Waals surface area contributed by atoms with Gasteiger partial charge in [-0.1, -0.05) is 18.2 Å². The van der Waals surface area contributed by atoms with Gasteiger partial charge in [-0.15, -0.1) is 0 Å². The number of hydrogen-bond donors (Lipinski definition) is 0. The van der Waals surface area contributed by atoms with Crippen LogP contribution in [0.4, 0.5) is 5.69 Å². The molecule has 1 heterocycles. The maximum absolute atomic E-state index is 11.9. The van der Waals surface area contributed by atoms with Crippen molar-refractivity contribution < 1.29 is 19.2 Å². The number of carbonyl (C=O) groups is 1. The van der Waals surface area contributed by atoms with Crippen molar-refractivity contribution in [2.75, 3.05) is 0 Å². The van der Waals surface area contributed by atoms with Crippen LogP contribution in [-0.4, -0.2) is 17.0 Å². The molecule has 0 unspecified atom stereocenters. The van der Waals surface area contributed by atoms with Crippen molar-refractivity contribution in [3.05, 3.63) is 70.3 Å². The average molecular weight is 285 g/mol. The molecule has 2 atom stereocenters. The molecular formula is C15H11NO5. The lowest BCUT2D eigenvalue weighted by atomic mass is 10.1. The molecule has 1 saturated heterocycles. The predicted molar refractivity (Wildman–Crippen MR) is 72.8 cm³/mol. The Bertz CT molecular complexity index is 668. The first-order chi connectivity index (χ1) is 10.1. The third-order valence-electron chi connectivity index (χ3n) is 3.12. The number of rotatable bonds is 4. The van der Waals surface area contributed by atoms with Crippen LogP contribution in [0.1, 0.15) is 11.7 Å². The van der Waals surface area contributed by atoms with Gasteiger partial charge in [0.15, 0.2) is 6.10 Å². The van der Waals surface area contributed by atoms with E-state index in [0.29, 0.717) is 5.75 Å². The van der Waals surface area contributed by atoms with Crippen LogP contribution < -0.4 is 4.74 Å². The summed E-state index contributed by atoms with van der Waals surface area (Å²) in [6, 6.07) is 14.7. The molecule has 3 rings (SSSR count). The summed E-state index contributed by atoms with van der Waals surface area (Å²) < 4.78 is 10.5. The predicted octanol–water partition coefficient (Wildman–Crippen LogP) is 2.64. The lowest BCUT2D eigenvalue weighted by Gasteiger charge is -2.01.